The average Bonchev–Trinajstić information content (AvgIpc) is 2.23. The van der Waals surface area contributed by atoms with Crippen LogP contribution in [0.25, 0.3) is 0 Å². The highest BCUT2D eigenvalue weighted by Gasteiger charge is 2.12. The van der Waals surface area contributed by atoms with Gasteiger partial charge in [0.05, 0.1) is 0 Å². The number of hydrogen-bond donors (Lipinski definition) is 0. The summed E-state index contributed by atoms with van der Waals surface area (Å²) in [6, 6.07) is 0. The zero-order valence-corrected chi connectivity index (χ0v) is 9.64. The van der Waals surface area contributed by atoms with E-state index in [0.717, 1.165) is 18.3 Å². The Morgan fingerprint density at radius 2 is 1.67 bits per heavy atom. The Labute approximate surface area is 93.9 Å². The standard InChI is InChI=1S/C14H17B/c1-10-3-6-12(7-4-10)13-8-5-11(2)14(15)9-13/h3,6,9H,4-5,7-8H2,1-2H3. The third-order valence-corrected chi connectivity index (χ3v) is 3.36. The number of allylic oxidation sites excluding steroid dienone is 8. The molecule has 0 aromatic heterocycles. The molecule has 0 saturated carbocycles. The SMILES string of the molecule is [B]C1=C(C)CCC(C2=CC=C(C)CC2)=C1. The van der Waals surface area contributed by atoms with Crippen LogP contribution in [0.4, 0.5) is 0 Å². The van der Waals surface area contributed by atoms with Gasteiger partial charge in [0, 0.05) is 0 Å². The molecule has 0 bridgehead atoms. The molecule has 0 spiro atoms. The van der Waals surface area contributed by atoms with Gasteiger partial charge >= 0.3 is 0 Å². The van der Waals surface area contributed by atoms with Crippen LogP contribution in [0.1, 0.15) is 39.5 Å². The van der Waals surface area contributed by atoms with E-state index in [9.17, 15) is 0 Å². The summed E-state index contributed by atoms with van der Waals surface area (Å²) < 4.78 is 0. The largest absolute Gasteiger partial charge is 0.113 e. The fourth-order valence-electron chi connectivity index (χ4n) is 2.11. The van der Waals surface area contributed by atoms with E-state index in [-0.39, 0.29) is 0 Å². The van der Waals surface area contributed by atoms with Crippen molar-refractivity contribution in [1.82, 2.24) is 0 Å². The Hall–Kier alpha value is -0.975. The van der Waals surface area contributed by atoms with E-state index >= 15 is 0 Å². The Balaban J connectivity index is 2.23. The Bertz CT molecular complexity index is 392. The highest BCUT2D eigenvalue weighted by Crippen LogP contribution is 2.31. The summed E-state index contributed by atoms with van der Waals surface area (Å²) in [5.74, 6) is 0. The minimum atomic E-state index is 0.975. The molecule has 2 rings (SSSR count). The van der Waals surface area contributed by atoms with Crippen molar-refractivity contribution in [2.45, 2.75) is 39.5 Å². The van der Waals surface area contributed by atoms with Crippen LogP contribution in [0, 0.1) is 0 Å². The molecule has 0 aromatic carbocycles. The normalized spacial score (nSPS) is 22.1. The molecular weight excluding hydrogens is 179 g/mol. The molecule has 0 N–H and O–H groups in total. The van der Waals surface area contributed by atoms with Gasteiger partial charge in [0.15, 0.2) is 0 Å². The summed E-state index contributed by atoms with van der Waals surface area (Å²) in [5.41, 5.74) is 6.72. The zero-order chi connectivity index (χ0) is 10.8. The molecule has 0 atom stereocenters. The van der Waals surface area contributed by atoms with E-state index < -0.39 is 0 Å². The first kappa shape index (κ1) is 10.5. The molecule has 2 aliphatic carbocycles. The predicted molar refractivity (Wildman–Crippen MR) is 66.8 cm³/mol. The summed E-state index contributed by atoms with van der Waals surface area (Å²) in [7, 11) is 5.96. The van der Waals surface area contributed by atoms with Crippen LogP contribution in [-0.2, 0) is 0 Å². The van der Waals surface area contributed by atoms with Crippen LogP contribution >= 0.6 is 0 Å². The van der Waals surface area contributed by atoms with E-state index in [1.165, 1.54) is 35.1 Å². The van der Waals surface area contributed by atoms with Gasteiger partial charge in [-0.1, -0.05) is 34.8 Å². The quantitative estimate of drug-likeness (QED) is 0.559. The lowest BCUT2D eigenvalue weighted by molar-refractivity contribution is 0.848. The van der Waals surface area contributed by atoms with E-state index in [1.54, 1.807) is 0 Å². The maximum Gasteiger partial charge on any atom is 0.113 e. The van der Waals surface area contributed by atoms with Crippen LogP contribution < -0.4 is 0 Å². The summed E-state index contributed by atoms with van der Waals surface area (Å²) in [5, 5.41) is 0. The average molecular weight is 196 g/mol. The first-order chi connectivity index (χ1) is 7.16. The summed E-state index contributed by atoms with van der Waals surface area (Å²) >= 11 is 0. The molecule has 0 unspecified atom stereocenters. The molecule has 76 valence electrons. The maximum absolute atomic E-state index is 5.96. The van der Waals surface area contributed by atoms with E-state index in [4.69, 9.17) is 7.85 Å². The molecular formula is C14H17B. The van der Waals surface area contributed by atoms with Gasteiger partial charge in [-0.3, -0.25) is 0 Å². The van der Waals surface area contributed by atoms with E-state index in [2.05, 4.69) is 32.1 Å². The minimum absolute atomic E-state index is 0.975. The topological polar surface area (TPSA) is 0 Å². The van der Waals surface area contributed by atoms with Crippen LogP contribution in [0.3, 0.4) is 0 Å². The lowest BCUT2D eigenvalue weighted by Crippen LogP contribution is -2.02. The first-order valence-corrected chi connectivity index (χ1v) is 5.69. The summed E-state index contributed by atoms with van der Waals surface area (Å²) in [4.78, 5) is 0. The highest BCUT2D eigenvalue weighted by molar-refractivity contribution is 6.24. The smallest absolute Gasteiger partial charge is 0.0974 e. The molecule has 0 aromatic rings. The van der Waals surface area contributed by atoms with Gasteiger partial charge in [0.25, 0.3) is 0 Å². The molecule has 0 nitrogen and oxygen atoms in total. The molecule has 15 heavy (non-hydrogen) atoms. The van der Waals surface area contributed by atoms with Crippen molar-refractivity contribution in [3.05, 3.63) is 46.0 Å². The Kier molecular flexibility index (Phi) is 2.99. The lowest BCUT2D eigenvalue weighted by Gasteiger charge is -2.20. The van der Waals surface area contributed by atoms with E-state index in [1.807, 2.05) is 0 Å². The van der Waals surface area contributed by atoms with Gasteiger partial charge in [-0.05, 0) is 50.7 Å². The summed E-state index contributed by atoms with van der Waals surface area (Å²) in [6.45, 7) is 4.32. The third kappa shape index (κ3) is 2.34. The van der Waals surface area contributed by atoms with Crippen molar-refractivity contribution < 1.29 is 0 Å². The molecule has 0 fully saturated rings. The van der Waals surface area contributed by atoms with Gasteiger partial charge in [-0.2, -0.15) is 0 Å². The highest BCUT2D eigenvalue weighted by atomic mass is 14.2. The summed E-state index contributed by atoms with van der Waals surface area (Å²) in [6.07, 6.45) is 11.3. The van der Waals surface area contributed by atoms with Gasteiger partial charge in [-0.15, -0.1) is 0 Å². The van der Waals surface area contributed by atoms with Gasteiger partial charge in [-0.25, -0.2) is 0 Å². The van der Waals surface area contributed by atoms with Gasteiger partial charge in [0.2, 0.25) is 0 Å². The third-order valence-electron chi connectivity index (χ3n) is 3.36. The maximum atomic E-state index is 5.96. The van der Waals surface area contributed by atoms with Crippen molar-refractivity contribution in [3.8, 4) is 0 Å². The van der Waals surface area contributed by atoms with Crippen molar-refractivity contribution >= 4 is 7.85 Å². The minimum Gasteiger partial charge on any atom is -0.0974 e. The van der Waals surface area contributed by atoms with Gasteiger partial charge < -0.3 is 0 Å². The lowest BCUT2D eigenvalue weighted by atomic mass is 9.79. The molecule has 0 amide bonds. The van der Waals surface area contributed by atoms with Crippen LogP contribution in [0.15, 0.2) is 46.0 Å². The molecule has 0 saturated heterocycles. The molecule has 1 heteroatoms. The second kappa shape index (κ2) is 4.26. The van der Waals surface area contributed by atoms with Crippen LogP contribution in [0.2, 0.25) is 0 Å². The van der Waals surface area contributed by atoms with Crippen molar-refractivity contribution in [2.75, 3.05) is 0 Å². The fourth-order valence-corrected chi connectivity index (χ4v) is 2.11. The first-order valence-electron chi connectivity index (χ1n) is 5.69. The number of hydrogen-bond acceptors (Lipinski definition) is 0. The fraction of sp³-hybridized carbons (Fsp3) is 0.429. The second-order valence-corrected chi connectivity index (χ2v) is 4.61. The molecule has 2 aliphatic rings. The Morgan fingerprint density at radius 1 is 0.933 bits per heavy atom. The molecule has 2 radical (unpaired) electrons. The second-order valence-electron chi connectivity index (χ2n) is 4.61. The Morgan fingerprint density at radius 3 is 2.27 bits per heavy atom. The number of rotatable bonds is 1. The van der Waals surface area contributed by atoms with Crippen molar-refractivity contribution in [3.63, 3.8) is 0 Å². The van der Waals surface area contributed by atoms with Crippen LogP contribution in [0.5, 0.6) is 0 Å². The zero-order valence-electron chi connectivity index (χ0n) is 9.64. The monoisotopic (exact) mass is 196 g/mol. The molecule has 0 aliphatic heterocycles. The van der Waals surface area contributed by atoms with Crippen molar-refractivity contribution in [2.24, 2.45) is 0 Å². The molecule has 0 heterocycles. The van der Waals surface area contributed by atoms with Gasteiger partial charge in [0.1, 0.15) is 7.85 Å². The van der Waals surface area contributed by atoms with Crippen molar-refractivity contribution in [1.29, 1.82) is 0 Å². The predicted octanol–water partition coefficient (Wildman–Crippen LogP) is 3.82. The van der Waals surface area contributed by atoms with E-state index in [0.29, 0.717) is 0 Å². The van der Waals surface area contributed by atoms with Crippen LogP contribution in [-0.4, -0.2) is 7.85 Å².